The number of amides is 1. The van der Waals surface area contributed by atoms with Crippen LogP contribution in [-0.4, -0.2) is 15.7 Å². The molecule has 0 radical (unpaired) electrons. The number of benzene rings is 2. The predicted octanol–water partition coefficient (Wildman–Crippen LogP) is 4.03. The minimum atomic E-state index is -0.0328. The largest absolute Gasteiger partial charge is 0.326 e. The van der Waals surface area contributed by atoms with Gasteiger partial charge in [-0.1, -0.05) is 35.4 Å². The molecular formula is C17H16ClN3O. The van der Waals surface area contributed by atoms with Crippen molar-refractivity contribution < 1.29 is 4.79 Å². The molecule has 0 aliphatic heterocycles. The highest BCUT2D eigenvalue weighted by atomic mass is 35.5. The quantitative estimate of drug-likeness (QED) is 0.790. The SMILES string of the molecule is Cc1ccc(NC(=O)CCn2ncc3c(Cl)cccc32)cc1. The van der Waals surface area contributed by atoms with Crippen LogP contribution in [0.15, 0.2) is 48.7 Å². The maximum absolute atomic E-state index is 12.0. The van der Waals surface area contributed by atoms with E-state index in [1.165, 1.54) is 0 Å². The van der Waals surface area contributed by atoms with Crippen molar-refractivity contribution in [2.24, 2.45) is 0 Å². The predicted molar refractivity (Wildman–Crippen MR) is 89.2 cm³/mol. The first kappa shape index (κ1) is 14.6. The minimum absolute atomic E-state index is 0.0328. The second-order valence-corrected chi connectivity index (χ2v) is 5.61. The summed E-state index contributed by atoms with van der Waals surface area (Å²) in [5.74, 6) is -0.0328. The molecule has 4 nitrogen and oxygen atoms in total. The Hall–Kier alpha value is -2.33. The molecule has 0 bridgehead atoms. The Morgan fingerprint density at radius 2 is 2.00 bits per heavy atom. The van der Waals surface area contributed by atoms with Crippen molar-refractivity contribution in [3.8, 4) is 0 Å². The summed E-state index contributed by atoms with van der Waals surface area (Å²) in [5, 5.41) is 8.76. The first-order valence-electron chi connectivity index (χ1n) is 7.10. The highest BCUT2D eigenvalue weighted by molar-refractivity contribution is 6.35. The number of halogens is 1. The fraction of sp³-hybridized carbons (Fsp3) is 0.176. The zero-order valence-corrected chi connectivity index (χ0v) is 13.0. The Morgan fingerprint density at radius 1 is 1.23 bits per heavy atom. The molecule has 112 valence electrons. The molecule has 3 aromatic rings. The molecule has 0 fully saturated rings. The van der Waals surface area contributed by atoms with Gasteiger partial charge in [-0.2, -0.15) is 5.10 Å². The summed E-state index contributed by atoms with van der Waals surface area (Å²) in [5.41, 5.74) is 2.91. The normalized spacial score (nSPS) is 10.8. The standard InChI is InChI=1S/C17H16ClN3O/c1-12-5-7-13(8-6-12)20-17(22)9-10-21-16-4-2-3-15(18)14(16)11-19-21/h2-8,11H,9-10H2,1H3,(H,20,22). The van der Waals surface area contributed by atoms with E-state index in [-0.39, 0.29) is 5.91 Å². The van der Waals surface area contributed by atoms with Crippen LogP contribution in [0.1, 0.15) is 12.0 Å². The van der Waals surface area contributed by atoms with Crippen LogP contribution < -0.4 is 5.32 Å². The second-order valence-electron chi connectivity index (χ2n) is 5.20. The van der Waals surface area contributed by atoms with E-state index in [0.717, 1.165) is 22.2 Å². The van der Waals surface area contributed by atoms with Crippen molar-refractivity contribution >= 4 is 34.1 Å². The number of carbonyl (C=O) groups excluding carboxylic acids is 1. The topological polar surface area (TPSA) is 46.9 Å². The van der Waals surface area contributed by atoms with Crippen molar-refractivity contribution in [1.29, 1.82) is 0 Å². The smallest absolute Gasteiger partial charge is 0.226 e. The number of fused-ring (bicyclic) bond motifs is 1. The van der Waals surface area contributed by atoms with Gasteiger partial charge >= 0.3 is 0 Å². The maximum Gasteiger partial charge on any atom is 0.226 e. The van der Waals surface area contributed by atoms with Crippen LogP contribution in [-0.2, 0) is 11.3 Å². The van der Waals surface area contributed by atoms with Gasteiger partial charge in [-0.25, -0.2) is 0 Å². The third-order valence-corrected chi connectivity index (χ3v) is 3.85. The van der Waals surface area contributed by atoms with Crippen LogP contribution in [0.2, 0.25) is 5.02 Å². The molecule has 0 saturated carbocycles. The van der Waals surface area contributed by atoms with Crippen molar-refractivity contribution in [2.75, 3.05) is 5.32 Å². The summed E-state index contributed by atoms with van der Waals surface area (Å²) < 4.78 is 1.80. The fourth-order valence-corrected chi connectivity index (χ4v) is 2.53. The molecule has 0 aliphatic rings. The molecule has 0 atom stereocenters. The number of aryl methyl sites for hydroxylation is 2. The van der Waals surface area contributed by atoms with Crippen molar-refractivity contribution in [2.45, 2.75) is 19.9 Å². The lowest BCUT2D eigenvalue weighted by molar-refractivity contribution is -0.116. The Balaban J connectivity index is 1.65. The van der Waals surface area contributed by atoms with Crippen molar-refractivity contribution in [3.05, 3.63) is 59.2 Å². The van der Waals surface area contributed by atoms with Gasteiger partial charge in [-0.15, -0.1) is 0 Å². The number of nitrogens with zero attached hydrogens (tertiary/aromatic N) is 2. The van der Waals surface area contributed by atoms with Gasteiger partial charge in [0.05, 0.1) is 23.3 Å². The molecule has 3 rings (SSSR count). The average molecular weight is 314 g/mol. The zero-order chi connectivity index (χ0) is 15.5. The van der Waals surface area contributed by atoms with Crippen LogP contribution >= 0.6 is 11.6 Å². The van der Waals surface area contributed by atoms with Crippen LogP contribution in [0.5, 0.6) is 0 Å². The lowest BCUT2D eigenvalue weighted by atomic mass is 10.2. The minimum Gasteiger partial charge on any atom is -0.326 e. The number of carbonyl (C=O) groups is 1. The van der Waals surface area contributed by atoms with Gasteiger partial charge in [-0.3, -0.25) is 9.48 Å². The van der Waals surface area contributed by atoms with Gasteiger partial charge in [0.15, 0.2) is 0 Å². The van der Waals surface area contributed by atoms with E-state index in [4.69, 9.17) is 11.6 Å². The van der Waals surface area contributed by atoms with Crippen LogP contribution in [0.25, 0.3) is 10.9 Å². The average Bonchev–Trinajstić information content (AvgIpc) is 2.92. The number of hydrogen-bond acceptors (Lipinski definition) is 2. The second kappa shape index (κ2) is 6.20. The Labute approximate surface area is 133 Å². The number of nitrogens with one attached hydrogen (secondary N) is 1. The highest BCUT2D eigenvalue weighted by Crippen LogP contribution is 2.22. The van der Waals surface area contributed by atoms with E-state index >= 15 is 0 Å². The van der Waals surface area contributed by atoms with E-state index in [1.54, 1.807) is 10.9 Å². The van der Waals surface area contributed by atoms with Gasteiger partial charge in [0.2, 0.25) is 5.91 Å². The van der Waals surface area contributed by atoms with E-state index in [0.29, 0.717) is 18.0 Å². The summed E-state index contributed by atoms with van der Waals surface area (Å²) in [7, 11) is 0. The lowest BCUT2D eigenvalue weighted by Crippen LogP contribution is -2.14. The van der Waals surface area contributed by atoms with Crippen molar-refractivity contribution in [3.63, 3.8) is 0 Å². The Morgan fingerprint density at radius 3 is 2.77 bits per heavy atom. The van der Waals surface area contributed by atoms with E-state index in [9.17, 15) is 4.79 Å². The zero-order valence-electron chi connectivity index (χ0n) is 12.2. The van der Waals surface area contributed by atoms with Gasteiger partial charge in [0, 0.05) is 17.5 Å². The third kappa shape index (κ3) is 3.12. The van der Waals surface area contributed by atoms with Crippen LogP contribution in [0, 0.1) is 6.92 Å². The number of hydrogen-bond donors (Lipinski definition) is 1. The summed E-state index contributed by atoms with van der Waals surface area (Å²) in [6, 6.07) is 13.4. The van der Waals surface area contributed by atoms with Crippen LogP contribution in [0.3, 0.4) is 0 Å². The first-order chi connectivity index (χ1) is 10.6. The summed E-state index contributed by atoms with van der Waals surface area (Å²) in [4.78, 5) is 12.0. The van der Waals surface area contributed by atoms with Gasteiger partial charge in [0.1, 0.15) is 0 Å². The molecular weight excluding hydrogens is 298 g/mol. The fourth-order valence-electron chi connectivity index (χ4n) is 2.31. The highest BCUT2D eigenvalue weighted by Gasteiger charge is 2.08. The van der Waals surface area contributed by atoms with Crippen molar-refractivity contribution in [1.82, 2.24) is 9.78 Å². The molecule has 1 N–H and O–H groups in total. The molecule has 0 spiro atoms. The third-order valence-electron chi connectivity index (χ3n) is 3.52. The summed E-state index contributed by atoms with van der Waals surface area (Å²) in [6.07, 6.45) is 2.09. The Bertz CT molecular complexity index is 808. The lowest BCUT2D eigenvalue weighted by Gasteiger charge is -2.06. The molecule has 2 aromatic carbocycles. The van der Waals surface area contributed by atoms with Gasteiger partial charge in [-0.05, 0) is 31.2 Å². The molecule has 22 heavy (non-hydrogen) atoms. The Kier molecular flexibility index (Phi) is 4.11. The molecule has 1 heterocycles. The molecule has 5 heteroatoms. The monoisotopic (exact) mass is 313 g/mol. The number of aromatic nitrogens is 2. The molecule has 0 aliphatic carbocycles. The van der Waals surface area contributed by atoms with Gasteiger partial charge in [0.25, 0.3) is 0 Å². The first-order valence-corrected chi connectivity index (χ1v) is 7.48. The van der Waals surface area contributed by atoms with Crippen LogP contribution in [0.4, 0.5) is 5.69 Å². The molecule has 0 unspecified atom stereocenters. The number of anilines is 1. The number of rotatable bonds is 4. The van der Waals surface area contributed by atoms with E-state index < -0.39 is 0 Å². The molecule has 1 aromatic heterocycles. The van der Waals surface area contributed by atoms with E-state index in [1.807, 2.05) is 49.4 Å². The summed E-state index contributed by atoms with van der Waals surface area (Å²) in [6.45, 7) is 2.53. The van der Waals surface area contributed by atoms with E-state index in [2.05, 4.69) is 10.4 Å². The van der Waals surface area contributed by atoms with Gasteiger partial charge < -0.3 is 5.32 Å². The molecule has 0 saturated heterocycles. The maximum atomic E-state index is 12.0. The molecule has 1 amide bonds. The summed E-state index contributed by atoms with van der Waals surface area (Å²) >= 11 is 6.12.